The summed E-state index contributed by atoms with van der Waals surface area (Å²) in [6, 6.07) is 8.07. The largest absolute Gasteiger partial charge is 0.369 e. The number of nitrogens with zero attached hydrogens (tertiary/aromatic N) is 1. The summed E-state index contributed by atoms with van der Waals surface area (Å²) in [5, 5.41) is 10.5. The minimum atomic E-state index is -0.751. The molecule has 5 aliphatic rings. The number of H-pyrrole nitrogens is 1. The number of carbonyl (C=O) groups is 4. The van der Waals surface area contributed by atoms with Crippen LogP contribution < -0.4 is 16.0 Å². The van der Waals surface area contributed by atoms with Crippen LogP contribution in [0, 0.1) is 11.8 Å². The minimum absolute atomic E-state index is 0.0316. The molecule has 2 saturated carbocycles. The van der Waals surface area contributed by atoms with E-state index in [9.17, 15) is 19.2 Å². The maximum absolute atomic E-state index is 14.6. The van der Waals surface area contributed by atoms with E-state index in [1.54, 1.807) is 0 Å². The topological polar surface area (TPSA) is 123 Å². The van der Waals surface area contributed by atoms with Crippen molar-refractivity contribution in [1.82, 2.24) is 25.8 Å². The van der Waals surface area contributed by atoms with E-state index in [1.807, 2.05) is 30.3 Å². The number of aromatic nitrogens is 1. The van der Waals surface area contributed by atoms with Gasteiger partial charge in [-0.2, -0.15) is 0 Å². The molecule has 45 heavy (non-hydrogen) atoms. The van der Waals surface area contributed by atoms with Gasteiger partial charge in [-0.15, -0.1) is 0 Å². The Morgan fingerprint density at radius 1 is 0.911 bits per heavy atom. The molecule has 1 aromatic carbocycles. The van der Waals surface area contributed by atoms with Crippen LogP contribution in [0.25, 0.3) is 10.9 Å². The third-order valence-corrected chi connectivity index (χ3v) is 11.2. The molecule has 3 aliphatic carbocycles. The number of hydrogen-bond acceptors (Lipinski definition) is 5. The number of fused-ring (bicyclic) bond motifs is 3. The number of hydrogen-bond donors (Lipinski definition) is 4. The Balaban J connectivity index is 1.16. The van der Waals surface area contributed by atoms with Crippen molar-refractivity contribution >= 4 is 34.4 Å². The van der Waals surface area contributed by atoms with E-state index in [0.717, 1.165) is 100 Å². The first kappa shape index (κ1) is 30.1. The minimum Gasteiger partial charge on any atom is -0.369 e. The van der Waals surface area contributed by atoms with Crippen molar-refractivity contribution in [1.29, 1.82) is 0 Å². The van der Waals surface area contributed by atoms with Gasteiger partial charge in [0.15, 0.2) is 0 Å². The van der Waals surface area contributed by atoms with Gasteiger partial charge in [0.2, 0.25) is 17.6 Å². The fourth-order valence-electron chi connectivity index (χ4n) is 8.93. The average molecular weight is 614 g/mol. The lowest BCUT2D eigenvalue weighted by Crippen LogP contribution is -2.53. The number of rotatable bonds is 7. The Morgan fingerprint density at radius 2 is 1.64 bits per heavy atom. The maximum atomic E-state index is 14.6. The van der Waals surface area contributed by atoms with Gasteiger partial charge in [-0.05, 0) is 68.6 Å². The summed E-state index contributed by atoms with van der Waals surface area (Å²) in [4.78, 5) is 61.0. The van der Waals surface area contributed by atoms with Crippen molar-refractivity contribution in [2.45, 2.75) is 114 Å². The molecular weight excluding hydrogens is 566 g/mol. The molecule has 4 N–H and O–H groups in total. The van der Waals surface area contributed by atoms with Gasteiger partial charge in [-0.3, -0.25) is 19.2 Å². The smallest absolute Gasteiger partial charge is 0.268 e. The fourth-order valence-corrected chi connectivity index (χ4v) is 8.93. The van der Waals surface area contributed by atoms with Gasteiger partial charge in [0.25, 0.3) is 5.91 Å². The molecule has 1 aromatic heterocycles. The van der Waals surface area contributed by atoms with E-state index in [0.29, 0.717) is 36.6 Å². The summed E-state index contributed by atoms with van der Waals surface area (Å²) in [6.07, 6.45) is 14.0. The number of Topliss-reactive ketones (excluding diaryl/α,β-unsaturated/α-hetero) is 1. The summed E-state index contributed by atoms with van der Waals surface area (Å²) < 4.78 is 0. The number of nitrogens with one attached hydrogen (secondary N) is 4. The van der Waals surface area contributed by atoms with Crippen LogP contribution in [0.2, 0.25) is 0 Å². The van der Waals surface area contributed by atoms with E-state index in [-0.39, 0.29) is 29.4 Å². The zero-order valence-electron chi connectivity index (χ0n) is 26.3. The van der Waals surface area contributed by atoms with Crippen LogP contribution in [0.3, 0.4) is 0 Å². The summed E-state index contributed by atoms with van der Waals surface area (Å²) >= 11 is 0. The number of carbonyl (C=O) groups excluding carboxylic acids is 4. The van der Waals surface area contributed by atoms with Crippen molar-refractivity contribution in [2.24, 2.45) is 11.8 Å². The molecule has 240 valence electrons. The van der Waals surface area contributed by atoms with E-state index >= 15 is 0 Å². The van der Waals surface area contributed by atoms with Crippen LogP contribution in [0.1, 0.15) is 107 Å². The molecule has 3 amide bonds. The Hall–Kier alpha value is -3.62. The highest BCUT2D eigenvalue weighted by Crippen LogP contribution is 2.48. The molecule has 9 heteroatoms. The Kier molecular flexibility index (Phi) is 8.44. The lowest BCUT2D eigenvalue weighted by Gasteiger charge is -2.38. The highest BCUT2D eigenvalue weighted by molar-refractivity contribution is 6.05. The van der Waals surface area contributed by atoms with Gasteiger partial charge in [-0.25, -0.2) is 0 Å². The van der Waals surface area contributed by atoms with E-state index in [4.69, 9.17) is 0 Å². The number of ketones is 1. The Bertz CT molecular complexity index is 1460. The van der Waals surface area contributed by atoms with Gasteiger partial charge >= 0.3 is 0 Å². The van der Waals surface area contributed by atoms with Crippen molar-refractivity contribution in [3.63, 3.8) is 0 Å². The van der Waals surface area contributed by atoms with Crippen molar-refractivity contribution in [3.8, 4) is 0 Å². The molecule has 1 unspecified atom stereocenters. The lowest BCUT2D eigenvalue weighted by atomic mass is 9.74. The molecule has 3 atom stereocenters. The normalized spacial score (nSPS) is 26.1. The van der Waals surface area contributed by atoms with Crippen LogP contribution in [0.5, 0.6) is 0 Å². The lowest BCUT2D eigenvalue weighted by molar-refractivity contribution is -0.128. The van der Waals surface area contributed by atoms with Crippen molar-refractivity contribution in [3.05, 3.63) is 47.3 Å². The van der Waals surface area contributed by atoms with Crippen LogP contribution in [0.4, 0.5) is 0 Å². The van der Waals surface area contributed by atoms with Crippen LogP contribution in [0.15, 0.2) is 41.6 Å². The molecule has 1 spiro atoms. The van der Waals surface area contributed by atoms with Gasteiger partial charge in [0.1, 0.15) is 11.7 Å². The molecule has 3 heterocycles. The zero-order valence-corrected chi connectivity index (χ0v) is 26.3. The van der Waals surface area contributed by atoms with Gasteiger partial charge < -0.3 is 25.8 Å². The molecule has 2 saturated heterocycles. The number of benzene rings is 1. The summed E-state index contributed by atoms with van der Waals surface area (Å²) in [5.74, 6) is -0.646. The summed E-state index contributed by atoms with van der Waals surface area (Å²) in [5.41, 5.74) is 2.53. The molecule has 9 nitrogen and oxygen atoms in total. The zero-order chi connectivity index (χ0) is 31.0. The highest BCUT2D eigenvalue weighted by Gasteiger charge is 2.54. The molecule has 4 fully saturated rings. The second-order valence-electron chi connectivity index (χ2n) is 14.2. The molecule has 2 aliphatic heterocycles. The Labute approximate surface area is 265 Å². The number of amides is 3. The number of para-hydroxylation sites is 1. The summed E-state index contributed by atoms with van der Waals surface area (Å²) in [6.45, 7) is 1.60. The van der Waals surface area contributed by atoms with Crippen LogP contribution in [-0.4, -0.2) is 64.1 Å². The highest BCUT2D eigenvalue weighted by atomic mass is 16.2. The third-order valence-electron chi connectivity index (χ3n) is 11.2. The SMILES string of the molecule is O=C(N[C@@H](CC1CCCCC1)C(=O)N[C@H]1CCC2C(=O)NC3(CCCCC3)C2=C(N2CCCC2)C1=O)c1cc2ccccc2[nH]1. The first-order valence-electron chi connectivity index (χ1n) is 17.5. The van der Waals surface area contributed by atoms with Crippen molar-refractivity contribution in [2.75, 3.05) is 13.1 Å². The van der Waals surface area contributed by atoms with Crippen molar-refractivity contribution < 1.29 is 19.2 Å². The van der Waals surface area contributed by atoms with E-state index in [1.165, 1.54) is 6.42 Å². The predicted molar refractivity (Wildman–Crippen MR) is 172 cm³/mol. The van der Waals surface area contributed by atoms with E-state index in [2.05, 4.69) is 25.8 Å². The van der Waals surface area contributed by atoms with E-state index < -0.39 is 17.6 Å². The molecule has 0 bridgehead atoms. The maximum Gasteiger partial charge on any atom is 0.268 e. The first-order valence-corrected chi connectivity index (χ1v) is 17.5. The van der Waals surface area contributed by atoms with Gasteiger partial charge in [-0.1, -0.05) is 69.6 Å². The number of aromatic amines is 1. The molecule has 0 radical (unpaired) electrons. The first-order chi connectivity index (χ1) is 21.9. The Morgan fingerprint density at radius 3 is 2.40 bits per heavy atom. The molecular formula is C36H47N5O4. The quantitative estimate of drug-likeness (QED) is 0.355. The number of likely N-dealkylation sites (tertiary alicyclic amines) is 1. The second-order valence-corrected chi connectivity index (χ2v) is 14.2. The predicted octanol–water partition coefficient (Wildman–Crippen LogP) is 4.88. The average Bonchev–Trinajstić information content (AvgIpc) is 3.77. The van der Waals surface area contributed by atoms with Crippen LogP contribution in [-0.2, 0) is 14.4 Å². The van der Waals surface area contributed by atoms with Gasteiger partial charge in [0.05, 0.1) is 23.2 Å². The van der Waals surface area contributed by atoms with Gasteiger partial charge in [0, 0.05) is 24.0 Å². The molecule has 7 rings (SSSR count). The van der Waals surface area contributed by atoms with Crippen LogP contribution >= 0.6 is 0 Å². The third kappa shape index (κ3) is 5.90. The molecule has 2 aromatic rings. The monoisotopic (exact) mass is 613 g/mol. The second kappa shape index (κ2) is 12.6. The fraction of sp³-hybridized carbons (Fsp3) is 0.611. The summed E-state index contributed by atoms with van der Waals surface area (Å²) in [7, 11) is 0. The standard InChI is InChI=1S/C36H47N5O4/c42-32-27(16-15-25-30(31(32)41-19-9-10-20-41)36(40-33(25)43)17-7-2-8-18-36)38-34(44)28(21-23-11-3-1-4-12-23)39-35(45)29-22-24-13-5-6-14-26(24)37-29/h5-6,13-14,22-23,25,27-28,37H,1-4,7-12,15-21H2,(H,38,44)(H,39,45)(H,40,43)/t25?,27-,28-/m0/s1.